The van der Waals surface area contributed by atoms with Crippen molar-refractivity contribution in [1.82, 2.24) is 4.90 Å². The molecule has 0 aliphatic heterocycles. The summed E-state index contributed by atoms with van der Waals surface area (Å²) in [5.74, 6) is -0.203. The molecule has 0 aromatic heterocycles. The molecule has 5 heteroatoms. The van der Waals surface area contributed by atoms with Gasteiger partial charge in [-0.2, -0.15) is 5.26 Å². The smallest absolute Gasteiger partial charge is 0.200 e. The molecule has 0 saturated carbocycles. The molecule has 0 radical (unpaired) electrons. The molecule has 27 heavy (non-hydrogen) atoms. The number of ketones is 1. The van der Waals surface area contributed by atoms with Gasteiger partial charge in [-0.05, 0) is 56.2 Å². The van der Waals surface area contributed by atoms with Crippen molar-refractivity contribution in [2.75, 3.05) is 25.5 Å². The zero-order chi connectivity index (χ0) is 20.0. The minimum Gasteiger partial charge on any atom is -0.366 e. The molecule has 2 rings (SSSR count). The average molecular weight is 362 g/mol. The Bertz CT molecular complexity index is 868. The van der Waals surface area contributed by atoms with Crippen molar-refractivity contribution < 1.29 is 4.79 Å². The fraction of sp³-hybridized carbons (Fsp3) is 0.318. The summed E-state index contributed by atoms with van der Waals surface area (Å²) < 4.78 is 0. The van der Waals surface area contributed by atoms with Crippen LogP contribution in [0.1, 0.15) is 28.4 Å². The number of aliphatic imine (C=N–C) groups is 1. The number of hydrogen-bond acceptors (Lipinski definition) is 4. The van der Waals surface area contributed by atoms with E-state index in [0.717, 1.165) is 29.0 Å². The second-order valence-corrected chi connectivity index (χ2v) is 6.61. The fourth-order valence-electron chi connectivity index (χ4n) is 2.73. The van der Waals surface area contributed by atoms with Crippen molar-refractivity contribution in [2.45, 2.75) is 26.8 Å². The Morgan fingerprint density at radius 3 is 2.44 bits per heavy atom. The monoisotopic (exact) mass is 362 g/mol. The molecule has 2 aromatic rings. The number of benzene rings is 2. The number of nitriles is 1. The molecule has 0 aliphatic carbocycles. The molecule has 140 valence electrons. The average Bonchev–Trinajstić information content (AvgIpc) is 2.68. The molecule has 0 fully saturated rings. The van der Waals surface area contributed by atoms with Crippen molar-refractivity contribution in [3.05, 3.63) is 59.2 Å². The van der Waals surface area contributed by atoms with E-state index in [1.54, 1.807) is 18.3 Å². The summed E-state index contributed by atoms with van der Waals surface area (Å²) in [6.07, 6.45) is 1.78. The summed E-state index contributed by atoms with van der Waals surface area (Å²) in [5, 5.41) is 9.64. The van der Waals surface area contributed by atoms with Gasteiger partial charge in [0.15, 0.2) is 11.8 Å². The molecule has 0 heterocycles. The number of likely N-dealkylation sites (N-methyl/N-ethyl adjacent to an activating group) is 1. The van der Waals surface area contributed by atoms with Gasteiger partial charge in [-0.25, -0.2) is 4.99 Å². The van der Waals surface area contributed by atoms with Crippen LogP contribution in [-0.2, 0) is 0 Å². The van der Waals surface area contributed by atoms with Crippen LogP contribution in [0.2, 0.25) is 0 Å². The number of Topliss-reactive ketones (excluding diaryl/α,β-unsaturated/α-hetero) is 1. The van der Waals surface area contributed by atoms with Gasteiger partial charge < -0.3 is 9.80 Å². The van der Waals surface area contributed by atoms with Crippen molar-refractivity contribution in [2.24, 2.45) is 4.99 Å². The highest BCUT2D eigenvalue weighted by Gasteiger charge is 2.26. The van der Waals surface area contributed by atoms with Crippen LogP contribution >= 0.6 is 0 Å². The van der Waals surface area contributed by atoms with Crippen molar-refractivity contribution in [1.29, 1.82) is 5.26 Å². The lowest BCUT2D eigenvalue weighted by Crippen LogP contribution is -2.37. The highest BCUT2D eigenvalue weighted by molar-refractivity contribution is 6.05. The lowest BCUT2D eigenvalue weighted by molar-refractivity contribution is 0.0978. The summed E-state index contributed by atoms with van der Waals surface area (Å²) in [6, 6.07) is 14.5. The van der Waals surface area contributed by atoms with E-state index in [9.17, 15) is 10.1 Å². The molecule has 0 N–H and O–H groups in total. The van der Waals surface area contributed by atoms with Gasteiger partial charge in [0.25, 0.3) is 0 Å². The molecule has 1 unspecified atom stereocenters. The molecule has 0 amide bonds. The standard InChI is InChI=1S/C22H26N4O/c1-6-25(4)15-24-20-13-16(2)19(12-17(20)3)22(27)21(14-23)26(5)18-10-8-7-9-11-18/h7-13,15,21H,6H2,1-5H3. The van der Waals surface area contributed by atoms with E-state index in [2.05, 4.69) is 18.0 Å². The number of carbonyl (C=O) groups is 1. The second-order valence-electron chi connectivity index (χ2n) is 6.61. The molecule has 2 aromatic carbocycles. The third-order valence-electron chi connectivity index (χ3n) is 4.62. The van der Waals surface area contributed by atoms with Crippen LogP contribution in [0.4, 0.5) is 11.4 Å². The van der Waals surface area contributed by atoms with E-state index in [1.165, 1.54) is 0 Å². The van der Waals surface area contributed by atoms with Gasteiger partial charge in [-0.3, -0.25) is 4.79 Å². The Morgan fingerprint density at radius 2 is 1.85 bits per heavy atom. The van der Waals surface area contributed by atoms with Crippen LogP contribution in [0.3, 0.4) is 0 Å². The van der Waals surface area contributed by atoms with E-state index in [-0.39, 0.29) is 5.78 Å². The molecular formula is C22H26N4O. The Labute approximate surface area is 161 Å². The summed E-state index contributed by atoms with van der Waals surface area (Å²) in [7, 11) is 3.73. The van der Waals surface area contributed by atoms with E-state index < -0.39 is 6.04 Å². The van der Waals surface area contributed by atoms with Crippen molar-refractivity contribution >= 4 is 23.5 Å². The second kappa shape index (κ2) is 9.00. The highest BCUT2D eigenvalue weighted by atomic mass is 16.1. The minimum absolute atomic E-state index is 0.203. The van der Waals surface area contributed by atoms with E-state index in [1.807, 2.05) is 68.3 Å². The van der Waals surface area contributed by atoms with Crippen molar-refractivity contribution in [3.63, 3.8) is 0 Å². The SMILES string of the molecule is CCN(C)C=Nc1cc(C)c(C(=O)C(C#N)N(C)c2ccccc2)cc1C. The lowest BCUT2D eigenvalue weighted by Gasteiger charge is -2.24. The maximum atomic E-state index is 13.1. The van der Waals surface area contributed by atoms with Crippen LogP contribution in [0.5, 0.6) is 0 Å². The van der Waals surface area contributed by atoms with Gasteiger partial charge in [0.05, 0.1) is 18.1 Å². The first-order chi connectivity index (χ1) is 12.9. The van der Waals surface area contributed by atoms with E-state index in [4.69, 9.17) is 0 Å². The minimum atomic E-state index is -0.883. The quantitative estimate of drug-likeness (QED) is 0.422. The van der Waals surface area contributed by atoms with Gasteiger partial charge in [0.2, 0.25) is 0 Å². The maximum absolute atomic E-state index is 13.1. The lowest BCUT2D eigenvalue weighted by atomic mass is 9.96. The summed E-state index contributed by atoms with van der Waals surface area (Å²) in [6.45, 7) is 6.73. The number of para-hydroxylation sites is 1. The van der Waals surface area contributed by atoms with Gasteiger partial charge in [-0.15, -0.1) is 0 Å². The molecule has 0 spiro atoms. The number of hydrogen-bond donors (Lipinski definition) is 0. The molecule has 0 aliphatic rings. The van der Waals surface area contributed by atoms with Crippen LogP contribution in [0.15, 0.2) is 47.5 Å². The van der Waals surface area contributed by atoms with Crippen LogP contribution in [0, 0.1) is 25.2 Å². The number of anilines is 1. The Balaban J connectivity index is 2.33. The number of nitrogens with zero attached hydrogens (tertiary/aromatic N) is 4. The Kier molecular flexibility index (Phi) is 6.73. The topological polar surface area (TPSA) is 59.7 Å². The normalized spacial score (nSPS) is 11.9. The third kappa shape index (κ3) is 4.73. The van der Waals surface area contributed by atoms with Crippen LogP contribution in [-0.4, -0.2) is 43.7 Å². The van der Waals surface area contributed by atoms with E-state index in [0.29, 0.717) is 5.56 Å². The fourth-order valence-corrected chi connectivity index (χ4v) is 2.73. The first kappa shape index (κ1) is 20.2. The Hall–Kier alpha value is -3.13. The van der Waals surface area contributed by atoms with Crippen molar-refractivity contribution in [3.8, 4) is 6.07 Å². The molecule has 0 saturated heterocycles. The largest absolute Gasteiger partial charge is 0.366 e. The molecular weight excluding hydrogens is 336 g/mol. The molecule has 0 bridgehead atoms. The van der Waals surface area contributed by atoms with Crippen LogP contribution < -0.4 is 4.90 Å². The summed E-state index contributed by atoms with van der Waals surface area (Å²) in [4.78, 5) is 21.3. The van der Waals surface area contributed by atoms with Gasteiger partial charge >= 0.3 is 0 Å². The van der Waals surface area contributed by atoms with Gasteiger partial charge in [0.1, 0.15) is 0 Å². The molecule has 1 atom stereocenters. The highest BCUT2D eigenvalue weighted by Crippen LogP contribution is 2.25. The number of carbonyl (C=O) groups excluding carboxylic acids is 1. The predicted octanol–water partition coefficient (Wildman–Crippen LogP) is 4.13. The zero-order valence-corrected chi connectivity index (χ0v) is 16.6. The zero-order valence-electron chi connectivity index (χ0n) is 16.6. The first-order valence-electron chi connectivity index (χ1n) is 8.96. The predicted molar refractivity (Wildman–Crippen MR) is 111 cm³/mol. The van der Waals surface area contributed by atoms with Gasteiger partial charge in [0, 0.05) is 31.9 Å². The van der Waals surface area contributed by atoms with Crippen LogP contribution in [0.25, 0.3) is 0 Å². The number of rotatable bonds is 7. The summed E-state index contributed by atoms with van der Waals surface area (Å²) >= 11 is 0. The maximum Gasteiger partial charge on any atom is 0.200 e. The van der Waals surface area contributed by atoms with Gasteiger partial charge in [-0.1, -0.05) is 18.2 Å². The third-order valence-corrected chi connectivity index (χ3v) is 4.62. The molecule has 5 nitrogen and oxygen atoms in total. The first-order valence-corrected chi connectivity index (χ1v) is 8.96. The number of aryl methyl sites for hydroxylation is 2. The van der Waals surface area contributed by atoms with E-state index >= 15 is 0 Å². The summed E-state index contributed by atoms with van der Waals surface area (Å²) in [5.41, 5.74) is 3.94. The Morgan fingerprint density at radius 1 is 1.19 bits per heavy atom.